The molecule has 1 amide bonds. The number of hydrogen-bond donors (Lipinski definition) is 1. The molecule has 1 aliphatic carbocycles. The van der Waals surface area contributed by atoms with Gasteiger partial charge in [0.1, 0.15) is 5.75 Å². The van der Waals surface area contributed by atoms with E-state index in [-0.39, 0.29) is 28.8 Å². The van der Waals surface area contributed by atoms with Crippen LogP contribution in [0, 0.1) is 5.92 Å². The van der Waals surface area contributed by atoms with Gasteiger partial charge in [-0.2, -0.15) is 0 Å². The largest absolute Gasteiger partial charge is 0.545 e. The zero-order valence-electron chi connectivity index (χ0n) is 12.4. The Morgan fingerprint density at radius 1 is 1.18 bits per heavy atom. The third-order valence-electron chi connectivity index (χ3n) is 3.71. The lowest BCUT2D eigenvalue weighted by Gasteiger charge is -2.22. The van der Waals surface area contributed by atoms with Crippen molar-refractivity contribution in [1.29, 1.82) is 0 Å². The minimum Gasteiger partial charge on any atom is -0.545 e. The minimum absolute atomic E-state index is 0.0866. The van der Waals surface area contributed by atoms with Crippen molar-refractivity contribution in [3.63, 3.8) is 0 Å². The van der Waals surface area contributed by atoms with Crippen LogP contribution in [0.5, 0.6) is 5.75 Å². The molecule has 0 aliphatic heterocycles. The summed E-state index contributed by atoms with van der Waals surface area (Å²) in [5, 5.41) is 13.9. The predicted octanol–water partition coefficient (Wildman–Crippen LogP) is 1.49. The Hall–Kier alpha value is -2.37. The highest BCUT2D eigenvalue weighted by molar-refractivity contribution is 6.00. The standard InChI is InChI=1S/C16H19NO5/c1-10(18)22-12-7-8-14(13(9-12)16(20)21)17-15(19)11-5-3-2-4-6-11/h7-9,11H,2-6H2,1H3,(H,17,19)(H,20,21)/p-1. The van der Waals surface area contributed by atoms with E-state index in [0.717, 1.165) is 32.1 Å². The van der Waals surface area contributed by atoms with Crippen LogP contribution in [0.3, 0.4) is 0 Å². The lowest BCUT2D eigenvalue weighted by molar-refractivity contribution is -0.254. The molecule has 1 saturated carbocycles. The highest BCUT2D eigenvalue weighted by Gasteiger charge is 2.22. The maximum absolute atomic E-state index is 12.2. The highest BCUT2D eigenvalue weighted by atomic mass is 16.5. The molecular weight excluding hydrogens is 286 g/mol. The van der Waals surface area contributed by atoms with Crippen LogP contribution in [0.1, 0.15) is 49.4 Å². The van der Waals surface area contributed by atoms with Gasteiger partial charge in [-0.15, -0.1) is 0 Å². The van der Waals surface area contributed by atoms with Gasteiger partial charge < -0.3 is 20.0 Å². The molecule has 1 aliphatic rings. The van der Waals surface area contributed by atoms with Gasteiger partial charge in [-0.3, -0.25) is 9.59 Å². The average Bonchev–Trinajstić information content (AvgIpc) is 2.49. The first-order chi connectivity index (χ1) is 10.5. The number of aromatic carboxylic acids is 1. The lowest BCUT2D eigenvalue weighted by atomic mass is 9.88. The topological polar surface area (TPSA) is 95.5 Å². The number of carbonyl (C=O) groups excluding carboxylic acids is 3. The molecule has 22 heavy (non-hydrogen) atoms. The fourth-order valence-electron chi connectivity index (χ4n) is 2.63. The van der Waals surface area contributed by atoms with Crippen LogP contribution >= 0.6 is 0 Å². The van der Waals surface area contributed by atoms with Crippen LogP contribution in [-0.4, -0.2) is 17.8 Å². The molecule has 0 atom stereocenters. The quantitative estimate of drug-likeness (QED) is 0.671. The second-order valence-electron chi connectivity index (χ2n) is 5.41. The molecule has 118 valence electrons. The van der Waals surface area contributed by atoms with Crippen LogP contribution in [0.15, 0.2) is 18.2 Å². The van der Waals surface area contributed by atoms with Crippen molar-refractivity contribution in [2.24, 2.45) is 5.92 Å². The zero-order valence-corrected chi connectivity index (χ0v) is 12.4. The summed E-state index contributed by atoms with van der Waals surface area (Å²) in [4.78, 5) is 34.3. The summed E-state index contributed by atoms with van der Waals surface area (Å²) in [5.41, 5.74) is -0.0469. The molecular formula is C16H18NO5-. The number of esters is 1. The number of carboxylic acids is 1. The number of rotatable bonds is 4. The lowest BCUT2D eigenvalue weighted by Crippen LogP contribution is -2.28. The van der Waals surface area contributed by atoms with Crippen LogP contribution in [0.2, 0.25) is 0 Å². The minimum atomic E-state index is -1.44. The number of ether oxygens (including phenoxy) is 1. The van der Waals surface area contributed by atoms with Crippen molar-refractivity contribution in [1.82, 2.24) is 0 Å². The molecule has 0 bridgehead atoms. The van der Waals surface area contributed by atoms with Crippen LogP contribution < -0.4 is 15.2 Å². The monoisotopic (exact) mass is 304 g/mol. The molecule has 1 N–H and O–H groups in total. The van der Waals surface area contributed by atoms with E-state index in [1.807, 2.05) is 0 Å². The maximum Gasteiger partial charge on any atom is 0.308 e. The van der Waals surface area contributed by atoms with Crippen molar-refractivity contribution in [2.75, 3.05) is 5.32 Å². The van der Waals surface area contributed by atoms with E-state index in [1.54, 1.807) is 0 Å². The Kier molecular flexibility index (Phi) is 5.14. The molecule has 6 nitrogen and oxygen atoms in total. The Labute approximate surface area is 128 Å². The smallest absolute Gasteiger partial charge is 0.308 e. The number of nitrogens with one attached hydrogen (secondary N) is 1. The van der Waals surface area contributed by atoms with E-state index in [1.165, 1.54) is 25.1 Å². The van der Waals surface area contributed by atoms with Gasteiger partial charge in [0.05, 0.1) is 11.7 Å². The summed E-state index contributed by atoms with van der Waals surface area (Å²) in [6.07, 6.45) is 4.79. The van der Waals surface area contributed by atoms with E-state index < -0.39 is 11.9 Å². The maximum atomic E-state index is 12.2. The third kappa shape index (κ3) is 4.07. The van der Waals surface area contributed by atoms with Gasteiger partial charge in [0.15, 0.2) is 0 Å². The summed E-state index contributed by atoms with van der Waals surface area (Å²) in [6, 6.07) is 4.02. The van der Waals surface area contributed by atoms with E-state index >= 15 is 0 Å². The molecule has 0 spiro atoms. The van der Waals surface area contributed by atoms with Crippen LogP contribution in [0.4, 0.5) is 5.69 Å². The average molecular weight is 304 g/mol. The molecule has 0 aromatic heterocycles. The van der Waals surface area contributed by atoms with Gasteiger partial charge in [-0.25, -0.2) is 0 Å². The fourth-order valence-corrected chi connectivity index (χ4v) is 2.63. The van der Waals surface area contributed by atoms with E-state index in [9.17, 15) is 19.5 Å². The second kappa shape index (κ2) is 7.06. The molecule has 0 radical (unpaired) electrons. The first kappa shape index (κ1) is 16.0. The van der Waals surface area contributed by atoms with Crippen molar-refractivity contribution in [2.45, 2.75) is 39.0 Å². The molecule has 0 heterocycles. The van der Waals surface area contributed by atoms with Crippen molar-refractivity contribution in [3.05, 3.63) is 23.8 Å². The molecule has 1 aromatic carbocycles. The van der Waals surface area contributed by atoms with Gasteiger partial charge in [0, 0.05) is 18.4 Å². The van der Waals surface area contributed by atoms with Crippen LogP contribution in [-0.2, 0) is 9.59 Å². The Bertz CT molecular complexity index is 590. The molecule has 6 heteroatoms. The third-order valence-corrected chi connectivity index (χ3v) is 3.71. The summed E-state index contributed by atoms with van der Waals surface area (Å²) >= 11 is 0. The molecule has 0 unspecified atom stereocenters. The highest BCUT2D eigenvalue weighted by Crippen LogP contribution is 2.27. The van der Waals surface area contributed by atoms with E-state index in [0.29, 0.717) is 0 Å². The normalized spacial score (nSPS) is 15.1. The Morgan fingerprint density at radius 2 is 1.86 bits per heavy atom. The first-order valence-corrected chi connectivity index (χ1v) is 7.32. The zero-order chi connectivity index (χ0) is 16.1. The Balaban J connectivity index is 2.16. The predicted molar refractivity (Wildman–Crippen MR) is 77.3 cm³/mol. The number of amides is 1. The van der Waals surface area contributed by atoms with Crippen molar-refractivity contribution in [3.8, 4) is 5.75 Å². The number of hydrogen-bond acceptors (Lipinski definition) is 5. The first-order valence-electron chi connectivity index (χ1n) is 7.32. The molecule has 2 rings (SSSR count). The SMILES string of the molecule is CC(=O)Oc1ccc(NC(=O)C2CCCCC2)c(C(=O)[O-])c1. The van der Waals surface area contributed by atoms with Crippen molar-refractivity contribution < 1.29 is 24.2 Å². The van der Waals surface area contributed by atoms with Gasteiger partial charge >= 0.3 is 5.97 Å². The molecule has 1 fully saturated rings. The Morgan fingerprint density at radius 3 is 2.45 bits per heavy atom. The number of carbonyl (C=O) groups is 3. The number of anilines is 1. The number of carboxylic acid groups (broad SMARTS) is 1. The number of benzene rings is 1. The van der Waals surface area contributed by atoms with Gasteiger partial charge in [-0.1, -0.05) is 19.3 Å². The van der Waals surface area contributed by atoms with Gasteiger partial charge in [-0.05, 0) is 31.0 Å². The fraction of sp³-hybridized carbons (Fsp3) is 0.438. The second-order valence-corrected chi connectivity index (χ2v) is 5.41. The molecule has 0 saturated heterocycles. The summed E-state index contributed by atoms with van der Waals surface area (Å²) in [5.74, 6) is -2.16. The summed E-state index contributed by atoms with van der Waals surface area (Å²) in [7, 11) is 0. The van der Waals surface area contributed by atoms with E-state index in [2.05, 4.69) is 5.32 Å². The van der Waals surface area contributed by atoms with Gasteiger partial charge in [0.2, 0.25) is 5.91 Å². The van der Waals surface area contributed by atoms with Crippen molar-refractivity contribution >= 4 is 23.5 Å². The van der Waals surface area contributed by atoms with Gasteiger partial charge in [0.25, 0.3) is 0 Å². The summed E-state index contributed by atoms with van der Waals surface area (Å²) in [6.45, 7) is 1.22. The van der Waals surface area contributed by atoms with E-state index in [4.69, 9.17) is 4.74 Å². The molecule has 1 aromatic rings. The van der Waals surface area contributed by atoms with Crippen LogP contribution in [0.25, 0.3) is 0 Å². The summed E-state index contributed by atoms with van der Waals surface area (Å²) < 4.78 is 4.84.